The van der Waals surface area contributed by atoms with Gasteiger partial charge in [-0.2, -0.15) is 0 Å². The van der Waals surface area contributed by atoms with Crippen molar-refractivity contribution in [3.63, 3.8) is 0 Å². The van der Waals surface area contributed by atoms with Crippen LogP contribution in [0.2, 0.25) is 0 Å². The van der Waals surface area contributed by atoms with E-state index in [0.717, 1.165) is 22.8 Å². The molecule has 7 N–H and O–H groups in total. The molecule has 0 aliphatic carbocycles. The first-order chi connectivity index (χ1) is 18.5. The number of hydrogen-bond donors (Lipinski definition) is 5. The van der Waals surface area contributed by atoms with E-state index < -0.39 is 29.8 Å². The van der Waals surface area contributed by atoms with Crippen LogP contribution in [0.1, 0.15) is 65.0 Å². The average Bonchev–Trinajstić information content (AvgIpc) is 2.89. The molecule has 10 nitrogen and oxygen atoms in total. The van der Waals surface area contributed by atoms with Crippen molar-refractivity contribution in [2.75, 3.05) is 19.6 Å². The van der Waals surface area contributed by atoms with Gasteiger partial charge >= 0.3 is 0 Å². The maximum atomic E-state index is 13.6. The van der Waals surface area contributed by atoms with Crippen molar-refractivity contribution in [1.29, 1.82) is 0 Å². The molecular formula is C29H42N6O4. The van der Waals surface area contributed by atoms with E-state index in [1.807, 2.05) is 57.2 Å². The van der Waals surface area contributed by atoms with Crippen molar-refractivity contribution >= 4 is 34.4 Å². The fourth-order valence-corrected chi connectivity index (χ4v) is 4.17. The third kappa shape index (κ3) is 9.96. The Labute approximate surface area is 230 Å². The number of amides is 4. The summed E-state index contributed by atoms with van der Waals surface area (Å²) >= 11 is 0. The zero-order valence-corrected chi connectivity index (χ0v) is 23.4. The molecule has 0 radical (unpaired) electrons. The van der Waals surface area contributed by atoms with Crippen LogP contribution in [-0.4, -0.2) is 54.2 Å². The number of nitrogens with zero attached hydrogens (tertiary/aromatic N) is 1. The molecular weight excluding hydrogens is 496 g/mol. The van der Waals surface area contributed by atoms with E-state index >= 15 is 0 Å². The van der Waals surface area contributed by atoms with Gasteiger partial charge in [0.1, 0.15) is 12.1 Å². The van der Waals surface area contributed by atoms with Crippen molar-refractivity contribution in [3.05, 3.63) is 59.4 Å². The maximum Gasteiger partial charge on any atom is 0.250 e. The number of benzene rings is 2. The van der Waals surface area contributed by atoms with Crippen LogP contribution in [0.15, 0.2) is 53.9 Å². The summed E-state index contributed by atoms with van der Waals surface area (Å²) in [5.41, 5.74) is 13.0. The summed E-state index contributed by atoms with van der Waals surface area (Å²) < 4.78 is 0. The summed E-state index contributed by atoms with van der Waals surface area (Å²) in [6, 6.07) is 11.5. The summed E-state index contributed by atoms with van der Waals surface area (Å²) in [4.78, 5) is 52.0. The van der Waals surface area contributed by atoms with Gasteiger partial charge in [-0.1, -0.05) is 43.3 Å². The van der Waals surface area contributed by atoms with Crippen LogP contribution < -0.4 is 27.4 Å². The van der Waals surface area contributed by atoms with E-state index in [1.54, 1.807) is 6.07 Å². The molecule has 0 aromatic heterocycles. The summed E-state index contributed by atoms with van der Waals surface area (Å²) in [5.74, 6) is -1.28. The Bertz CT molecular complexity index is 1190. The first-order valence-corrected chi connectivity index (χ1v) is 13.3. The second-order valence-electron chi connectivity index (χ2n) is 9.86. The highest BCUT2D eigenvalue weighted by Gasteiger charge is 2.29. The summed E-state index contributed by atoms with van der Waals surface area (Å²) in [6.45, 7) is 7.73. The van der Waals surface area contributed by atoms with E-state index in [0.29, 0.717) is 43.7 Å². The lowest BCUT2D eigenvalue weighted by atomic mass is 10.0. The first-order valence-electron chi connectivity index (χ1n) is 13.3. The second-order valence-corrected chi connectivity index (χ2v) is 9.86. The maximum absolute atomic E-state index is 13.6. The zero-order chi connectivity index (χ0) is 28.9. The normalized spacial score (nSPS) is 12.2. The topological polar surface area (TPSA) is 160 Å². The number of allylic oxidation sites excluding steroid dienone is 1. The van der Waals surface area contributed by atoms with Crippen molar-refractivity contribution in [2.45, 2.75) is 65.5 Å². The molecule has 39 heavy (non-hydrogen) atoms. The van der Waals surface area contributed by atoms with Crippen LogP contribution in [0.4, 0.5) is 0 Å². The first kappa shape index (κ1) is 31.1. The highest BCUT2D eigenvalue weighted by atomic mass is 16.2. The summed E-state index contributed by atoms with van der Waals surface area (Å²) in [7, 11) is 0. The van der Waals surface area contributed by atoms with Gasteiger partial charge in [0, 0.05) is 20.0 Å². The third-order valence-electron chi connectivity index (χ3n) is 6.29. The summed E-state index contributed by atoms with van der Waals surface area (Å²) in [6.07, 6.45) is 2.34. The lowest BCUT2D eigenvalue weighted by molar-refractivity contribution is -0.140. The molecule has 0 saturated heterocycles. The highest BCUT2D eigenvalue weighted by molar-refractivity contribution is 5.93. The van der Waals surface area contributed by atoms with E-state index in [-0.39, 0.29) is 12.5 Å². The molecule has 0 fully saturated rings. The SMILES string of the molecule is CCCN(CC(=O)N[C@@H](CCCCNC(N)=C(C)C)C(N)=O)C(=O)C(NC(C)=O)c1ccc2ccccc2c1. The Balaban J connectivity index is 2.09. The minimum atomic E-state index is -0.959. The fraction of sp³-hybridized carbons (Fsp3) is 0.448. The molecule has 10 heteroatoms. The molecule has 0 spiro atoms. The van der Waals surface area contributed by atoms with E-state index in [1.165, 1.54) is 11.8 Å². The fourth-order valence-electron chi connectivity index (χ4n) is 4.17. The van der Waals surface area contributed by atoms with Gasteiger partial charge in [0.25, 0.3) is 0 Å². The number of carbonyl (C=O) groups is 4. The molecule has 0 aliphatic heterocycles. The van der Waals surface area contributed by atoms with Crippen LogP contribution in [0.5, 0.6) is 0 Å². The Hall–Kier alpha value is -4.08. The molecule has 2 aromatic rings. The number of nitrogens with one attached hydrogen (secondary N) is 3. The zero-order valence-electron chi connectivity index (χ0n) is 23.4. The Kier molecular flexibility index (Phi) is 12.3. The molecule has 0 bridgehead atoms. The van der Waals surface area contributed by atoms with E-state index in [4.69, 9.17) is 11.5 Å². The number of unbranched alkanes of at least 4 members (excludes halogenated alkanes) is 1. The number of fused-ring (bicyclic) bond motifs is 1. The third-order valence-corrected chi connectivity index (χ3v) is 6.29. The Morgan fingerprint density at radius 2 is 1.62 bits per heavy atom. The van der Waals surface area contributed by atoms with Crippen LogP contribution >= 0.6 is 0 Å². The quantitative estimate of drug-likeness (QED) is 0.219. The second kappa shape index (κ2) is 15.4. The number of carbonyl (C=O) groups excluding carboxylic acids is 4. The van der Waals surface area contributed by atoms with Gasteiger partial charge < -0.3 is 32.3 Å². The van der Waals surface area contributed by atoms with E-state index in [9.17, 15) is 19.2 Å². The van der Waals surface area contributed by atoms with E-state index in [2.05, 4.69) is 16.0 Å². The van der Waals surface area contributed by atoms with Gasteiger partial charge in [-0.05, 0) is 67.5 Å². The number of nitrogens with two attached hydrogens (primary N) is 2. The predicted octanol–water partition coefficient (Wildman–Crippen LogP) is 2.20. The van der Waals surface area contributed by atoms with Gasteiger partial charge in [-0.15, -0.1) is 0 Å². The molecule has 2 atom stereocenters. The van der Waals surface area contributed by atoms with Crippen molar-refractivity contribution in [2.24, 2.45) is 11.5 Å². The van der Waals surface area contributed by atoms with Gasteiger partial charge in [0.2, 0.25) is 23.6 Å². The number of hydrogen-bond acceptors (Lipinski definition) is 6. The van der Waals surface area contributed by atoms with Gasteiger partial charge in [-0.25, -0.2) is 0 Å². The molecule has 2 aromatic carbocycles. The van der Waals surface area contributed by atoms with Gasteiger partial charge in [0.15, 0.2) is 0 Å². The smallest absolute Gasteiger partial charge is 0.250 e. The van der Waals surface area contributed by atoms with Crippen LogP contribution in [-0.2, 0) is 19.2 Å². The minimum absolute atomic E-state index is 0.265. The lowest BCUT2D eigenvalue weighted by Gasteiger charge is -2.28. The predicted molar refractivity (Wildman–Crippen MR) is 153 cm³/mol. The van der Waals surface area contributed by atoms with Crippen LogP contribution in [0.25, 0.3) is 10.8 Å². The molecule has 0 saturated carbocycles. The number of rotatable bonds is 15. The lowest BCUT2D eigenvalue weighted by Crippen LogP contribution is -2.51. The van der Waals surface area contributed by atoms with Crippen molar-refractivity contribution in [1.82, 2.24) is 20.9 Å². The molecule has 212 valence electrons. The Morgan fingerprint density at radius 1 is 0.923 bits per heavy atom. The highest BCUT2D eigenvalue weighted by Crippen LogP contribution is 2.22. The molecule has 0 heterocycles. The molecule has 2 rings (SSSR count). The van der Waals surface area contributed by atoms with Crippen molar-refractivity contribution in [3.8, 4) is 0 Å². The van der Waals surface area contributed by atoms with Crippen LogP contribution in [0.3, 0.4) is 0 Å². The standard InChI is InChI=1S/C29H42N6O4/c1-5-16-35(18-25(37)34-24(28(31)38)12-8-9-15-32-27(30)19(2)3)29(39)26(33-20(4)36)23-14-13-21-10-6-7-11-22(21)17-23/h6-7,10-11,13-14,17,24,26,32H,5,8-9,12,15-16,18,30H2,1-4H3,(H2,31,38)(H,33,36)(H,34,37)/t24-,26?/m0/s1. The number of primary amides is 1. The molecule has 4 amide bonds. The van der Waals surface area contributed by atoms with Gasteiger partial charge in [-0.3, -0.25) is 19.2 Å². The largest absolute Gasteiger partial charge is 0.386 e. The summed E-state index contributed by atoms with van der Waals surface area (Å²) in [5, 5.41) is 10.5. The van der Waals surface area contributed by atoms with Crippen LogP contribution in [0, 0.1) is 0 Å². The molecule has 1 unspecified atom stereocenters. The molecule has 0 aliphatic rings. The Morgan fingerprint density at radius 3 is 2.23 bits per heavy atom. The minimum Gasteiger partial charge on any atom is -0.386 e. The monoisotopic (exact) mass is 538 g/mol. The average molecular weight is 539 g/mol. The van der Waals surface area contributed by atoms with Gasteiger partial charge in [0.05, 0.1) is 12.4 Å². The van der Waals surface area contributed by atoms with Crippen molar-refractivity contribution < 1.29 is 19.2 Å².